The van der Waals surface area contributed by atoms with Gasteiger partial charge in [0.2, 0.25) is 5.91 Å². The Morgan fingerprint density at radius 1 is 0.914 bits per heavy atom. The predicted molar refractivity (Wildman–Crippen MR) is 133 cm³/mol. The SMILES string of the molecule is Cc1cc(C)cc(C(=O)N2CCCC(C(=O)N3CCN(C4=NS(=O)(=O)c5ccccc54)CC3)C2)c1. The number of sulfonamides is 1. The predicted octanol–water partition coefficient (Wildman–Crippen LogP) is 2.45. The number of piperidine rings is 1. The average molecular weight is 495 g/mol. The second-order valence-electron chi connectivity index (χ2n) is 9.67. The topological polar surface area (TPSA) is 90.4 Å². The van der Waals surface area contributed by atoms with Gasteiger partial charge in [-0.15, -0.1) is 4.40 Å². The first kappa shape index (κ1) is 23.5. The van der Waals surface area contributed by atoms with Crippen LogP contribution in [0.25, 0.3) is 0 Å². The van der Waals surface area contributed by atoms with Gasteiger partial charge in [0.05, 0.1) is 5.92 Å². The number of amidine groups is 1. The molecule has 2 fully saturated rings. The Bertz CT molecular complexity index is 1290. The molecular formula is C26H30N4O4S. The van der Waals surface area contributed by atoms with E-state index in [0.717, 1.165) is 24.0 Å². The van der Waals surface area contributed by atoms with Crippen LogP contribution in [0.1, 0.15) is 39.9 Å². The molecule has 0 radical (unpaired) electrons. The highest BCUT2D eigenvalue weighted by molar-refractivity contribution is 7.90. The molecule has 2 amide bonds. The first-order chi connectivity index (χ1) is 16.7. The lowest BCUT2D eigenvalue weighted by molar-refractivity contribution is -0.138. The molecule has 3 aliphatic heterocycles. The summed E-state index contributed by atoms with van der Waals surface area (Å²) in [5, 5.41) is 0. The van der Waals surface area contributed by atoms with Crippen LogP contribution in [-0.2, 0) is 14.8 Å². The third-order valence-corrected chi connectivity index (χ3v) is 8.35. The first-order valence-corrected chi connectivity index (χ1v) is 13.5. The number of aryl methyl sites for hydroxylation is 2. The Morgan fingerprint density at radius 3 is 2.31 bits per heavy atom. The zero-order valence-corrected chi connectivity index (χ0v) is 20.9. The second kappa shape index (κ2) is 9.11. The van der Waals surface area contributed by atoms with Gasteiger partial charge in [0.15, 0.2) is 5.84 Å². The van der Waals surface area contributed by atoms with E-state index in [9.17, 15) is 18.0 Å². The lowest BCUT2D eigenvalue weighted by atomic mass is 9.95. The Kier molecular flexibility index (Phi) is 6.13. The summed E-state index contributed by atoms with van der Waals surface area (Å²) in [5.41, 5.74) is 3.41. The van der Waals surface area contributed by atoms with E-state index in [2.05, 4.69) is 4.40 Å². The number of piperazine rings is 1. The van der Waals surface area contributed by atoms with E-state index in [0.29, 0.717) is 56.2 Å². The number of likely N-dealkylation sites (tertiary alicyclic amines) is 1. The normalized spacial score (nSPS) is 21.5. The van der Waals surface area contributed by atoms with Gasteiger partial charge in [-0.1, -0.05) is 29.3 Å². The van der Waals surface area contributed by atoms with Crippen molar-refractivity contribution >= 4 is 27.7 Å². The molecular weight excluding hydrogens is 464 g/mol. The monoisotopic (exact) mass is 494 g/mol. The standard InChI is InChI=1S/C26H30N4O4S/c1-18-14-19(2)16-21(15-18)26(32)30-9-5-6-20(17-30)25(31)29-12-10-28(11-13-29)24-22-7-3-4-8-23(22)35(33,34)27-24/h3-4,7-8,14-16,20H,5-6,9-13,17H2,1-2H3. The van der Waals surface area contributed by atoms with Crippen molar-refractivity contribution in [3.05, 3.63) is 64.7 Å². The van der Waals surface area contributed by atoms with E-state index >= 15 is 0 Å². The molecule has 8 nitrogen and oxygen atoms in total. The first-order valence-electron chi connectivity index (χ1n) is 12.1. The Hall–Kier alpha value is -3.20. The number of fused-ring (bicyclic) bond motifs is 1. The smallest absolute Gasteiger partial charge is 0.285 e. The highest BCUT2D eigenvalue weighted by atomic mass is 32.2. The molecule has 184 valence electrons. The number of amides is 2. The second-order valence-corrected chi connectivity index (χ2v) is 11.2. The molecule has 0 bridgehead atoms. The molecule has 5 rings (SSSR count). The summed E-state index contributed by atoms with van der Waals surface area (Å²) >= 11 is 0. The molecule has 2 aromatic carbocycles. The summed E-state index contributed by atoms with van der Waals surface area (Å²) < 4.78 is 28.8. The van der Waals surface area contributed by atoms with Gasteiger partial charge in [-0.05, 0) is 51.0 Å². The molecule has 2 saturated heterocycles. The van der Waals surface area contributed by atoms with Crippen molar-refractivity contribution < 1.29 is 18.0 Å². The summed E-state index contributed by atoms with van der Waals surface area (Å²) in [7, 11) is -3.67. The van der Waals surface area contributed by atoms with Gasteiger partial charge < -0.3 is 14.7 Å². The van der Waals surface area contributed by atoms with Crippen LogP contribution in [0.15, 0.2) is 51.8 Å². The minimum atomic E-state index is -3.67. The van der Waals surface area contributed by atoms with Gasteiger partial charge in [-0.3, -0.25) is 9.59 Å². The molecule has 2 aromatic rings. The van der Waals surface area contributed by atoms with Gasteiger partial charge in [-0.25, -0.2) is 0 Å². The molecule has 0 aromatic heterocycles. The maximum Gasteiger partial charge on any atom is 0.285 e. The zero-order valence-electron chi connectivity index (χ0n) is 20.1. The van der Waals surface area contributed by atoms with Gasteiger partial charge in [0, 0.05) is 50.4 Å². The van der Waals surface area contributed by atoms with Crippen LogP contribution < -0.4 is 0 Å². The van der Waals surface area contributed by atoms with Crippen molar-refractivity contribution in [2.45, 2.75) is 31.6 Å². The molecule has 3 aliphatic rings. The number of rotatable bonds is 2. The summed E-state index contributed by atoms with van der Waals surface area (Å²) in [4.78, 5) is 32.3. The minimum Gasteiger partial charge on any atom is -0.352 e. The Balaban J connectivity index is 1.22. The average Bonchev–Trinajstić information content (AvgIpc) is 3.13. The van der Waals surface area contributed by atoms with E-state index in [1.54, 1.807) is 18.2 Å². The summed E-state index contributed by atoms with van der Waals surface area (Å²) in [6.45, 7) is 7.11. The fourth-order valence-electron chi connectivity index (χ4n) is 5.36. The van der Waals surface area contributed by atoms with Gasteiger partial charge in [0.1, 0.15) is 4.90 Å². The molecule has 0 N–H and O–H groups in total. The van der Waals surface area contributed by atoms with Crippen LogP contribution in [0, 0.1) is 19.8 Å². The van der Waals surface area contributed by atoms with Crippen LogP contribution in [0.3, 0.4) is 0 Å². The molecule has 0 saturated carbocycles. The highest BCUT2D eigenvalue weighted by Crippen LogP contribution is 2.28. The number of hydrogen-bond acceptors (Lipinski definition) is 5. The van der Waals surface area contributed by atoms with E-state index in [-0.39, 0.29) is 22.6 Å². The molecule has 3 heterocycles. The maximum atomic E-state index is 13.3. The van der Waals surface area contributed by atoms with E-state index < -0.39 is 10.0 Å². The lowest BCUT2D eigenvalue weighted by Crippen LogP contribution is -2.54. The van der Waals surface area contributed by atoms with Crippen LogP contribution >= 0.6 is 0 Å². The van der Waals surface area contributed by atoms with E-state index in [1.807, 2.05) is 52.8 Å². The largest absolute Gasteiger partial charge is 0.352 e. The van der Waals surface area contributed by atoms with Crippen molar-refractivity contribution in [3.8, 4) is 0 Å². The third-order valence-electron chi connectivity index (χ3n) is 7.03. The van der Waals surface area contributed by atoms with Crippen molar-refractivity contribution in [2.24, 2.45) is 10.3 Å². The quantitative estimate of drug-likeness (QED) is 0.640. The van der Waals surface area contributed by atoms with Crippen LogP contribution in [0.5, 0.6) is 0 Å². The van der Waals surface area contributed by atoms with Crippen LogP contribution in [-0.4, -0.2) is 80.0 Å². The van der Waals surface area contributed by atoms with Crippen molar-refractivity contribution in [2.75, 3.05) is 39.3 Å². The number of carbonyl (C=O) groups excluding carboxylic acids is 2. The summed E-state index contributed by atoms with van der Waals surface area (Å²) in [6.07, 6.45) is 1.58. The zero-order chi connectivity index (χ0) is 24.7. The highest BCUT2D eigenvalue weighted by Gasteiger charge is 2.36. The third kappa shape index (κ3) is 4.57. The summed E-state index contributed by atoms with van der Waals surface area (Å²) in [5.74, 6) is 0.313. The van der Waals surface area contributed by atoms with Crippen molar-refractivity contribution in [1.29, 1.82) is 0 Å². The van der Waals surface area contributed by atoms with Crippen LogP contribution in [0.4, 0.5) is 0 Å². The Morgan fingerprint density at radius 2 is 1.60 bits per heavy atom. The maximum absolute atomic E-state index is 13.3. The number of carbonyl (C=O) groups is 2. The number of hydrogen-bond donors (Lipinski definition) is 0. The summed E-state index contributed by atoms with van der Waals surface area (Å²) in [6, 6.07) is 12.7. The van der Waals surface area contributed by atoms with E-state index in [1.165, 1.54) is 0 Å². The Labute approximate surface area is 206 Å². The number of nitrogens with zero attached hydrogens (tertiary/aromatic N) is 4. The van der Waals surface area contributed by atoms with Crippen molar-refractivity contribution in [3.63, 3.8) is 0 Å². The fourth-order valence-corrected chi connectivity index (χ4v) is 6.58. The minimum absolute atomic E-state index is 0.0155. The molecule has 35 heavy (non-hydrogen) atoms. The van der Waals surface area contributed by atoms with E-state index in [4.69, 9.17) is 0 Å². The number of benzene rings is 2. The van der Waals surface area contributed by atoms with Crippen molar-refractivity contribution in [1.82, 2.24) is 14.7 Å². The molecule has 9 heteroatoms. The van der Waals surface area contributed by atoms with Gasteiger partial charge >= 0.3 is 0 Å². The molecule has 0 aliphatic carbocycles. The fraction of sp³-hybridized carbons (Fsp3) is 0.423. The van der Waals surface area contributed by atoms with Gasteiger partial charge in [-0.2, -0.15) is 8.42 Å². The van der Waals surface area contributed by atoms with Gasteiger partial charge in [0.25, 0.3) is 15.9 Å². The molecule has 0 spiro atoms. The lowest BCUT2D eigenvalue weighted by Gasteiger charge is -2.39. The molecule has 1 atom stereocenters. The molecule has 1 unspecified atom stereocenters. The van der Waals surface area contributed by atoms with Crippen LogP contribution in [0.2, 0.25) is 0 Å².